The van der Waals surface area contributed by atoms with E-state index in [0.29, 0.717) is 43.3 Å². The molecule has 0 saturated heterocycles. The van der Waals surface area contributed by atoms with Crippen molar-refractivity contribution >= 4 is 0 Å². The van der Waals surface area contributed by atoms with Crippen molar-refractivity contribution in [3.63, 3.8) is 0 Å². The molecule has 0 fully saturated rings. The second-order valence-corrected chi connectivity index (χ2v) is 4.27. The topological polar surface area (TPSA) is 81.0 Å². The molecule has 1 aromatic carbocycles. The standard InChI is InChI=1S/C14H16FN3O2/c15-10-1-3-12(4-2-10)20-8-6-13-17-11(5-7-16)9-14(19)18-13/h1-4,9H,5-8,16H2,(H,17,18,19). The molecule has 0 radical (unpaired) electrons. The van der Waals surface area contributed by atoms with Crippen LogP contribution in [0.2, 0.25) is 0 Å². The Morgan fingerprint density at radius 1 is 1.25 bits per heavy atom. The average molecular weight is 277 g/mol. The van der Waals surface area contributed by atoms with E-state index in [1.807, 2.05) is 0 Å². The number of ether oxygens (including phenoxy) is 1. The maximum absolute atomic E-state index is 12.7. The summed E-state index contributed by atoms with van der Waals surface area (Å²) in [5.41, 5.74) is 5.92. The van der Waals surface area contributed by atoms with Gasteiger partial charge in [-0.1, -0.05) is 0 Å². The molecule has 6 heteroatoms. The van der Waals surface area contributed by atoms with Crippen molar-refractivity contribution in [2.24, 2.45) is 5.73 Å². The summed E-state index contributed by atoms with van der Waals surface area (Å²) in [6.07, 6.45) is 1.03. The van der Waals surface area contributed by atoms with Gasteiger partial charge in [-0.15, -0.1) is 0 Å². The molecule has 0 aliphatic carbocycles. The van der Waals surface area contributed by atoms with Crippen LogP contribution in [0.4, 0.5) is 4.39 Å². The first kappa shape index (κ1) is 14.2. The molecule has 0 amide bonds. The van der Waals surface area contributed by atoms with Gasteiger partial charge in [0.2, 0.25) is 0 Å². The molecule has 2 aromatic rings. The van der Waals surface area contributed by atoms with E-state index in [-0.39, 0.29) is 11.4 Å². The number of nitrogens with zero attached hydrogens (tertiary/aromatic N) is 1. The Labute approximate surface area is 115 Å². The third-order valence-corrected chi connectivity index (χ3v) is 2.67. The van der Waals surface area contributed by atoms with Crippen LogP contribution in [0.1, 0.15) is 11.5 Å². The molecule has 20 heavy (non-hydrogen) atoms. The van der Waals surface area contributed by atoms with Crippen molar-refractivity contribution in [2.75, 3.05) is 13.2 Å². The highest BCUT2D eigenvalue weighted by Crippen LogP contribution is 2.11. The smallest absolute Gasteiger partial charge is 0.251 e. The first-order valence-electron chi connectivity index (χ1n) is 6.35. The van der Waals surface area contributed by atoms with Gasteiger partial charge in [-0.05, 0) is 30.8 Å². The average Bonchev–Trinajstić information content (AvgIpc) is 2.41. The number of rotatable bonds is 6. The van der Waals surface area contributed by atoms with Gasteiger partial charge in [0.1, 0.15) is 17.4 Å². The second-order valence-electron chi connectivity index (χ2n) is 4.27. The molecule has 2 rings (SSSR count). The van der Waals surface area contributed by atoms with Crippen LogP contribution >= 0.6 is 0 Å². The van der Waals surface area contributed by atoms with Crippen LogP contribution in [0.3, 0.4) is 0 Å². The Balaban J connectivity index is 1.93. The zero-order valence-electron chi connectivity index (χ0n) is 10.9. The SMILES string of the molecule is NCCc1cc(=O)[nH]c(CCOc2ccc(F)cc2)n1. The van der Waals surface area contributed by atoms with Gasteiger partial charge in [-0.2, -0.15) is 0 Å². The van der Waals surface area contributed by atoms with Gasteiger partial charge in [0.05, 0.1) is 6.61 Å². The van der Waals surface area contributed by atoms with Crippen LogP contribution in [-0.2, 0) is 12.8 Å². The minimum Gasteiger partial charge on any atom is -0.493 e. The van der Waals surface area contributed by atoms with Crippen molar-refractivity contribution < 1.29 is 9.13 Å². The predicted molar refractivity (Wildman–Crippen MR) is 73.2 cm³/mol. The van der Waals surface area contributed by atoms with E-state index in [2.05, 4.69) is 9.97 Å². The summed E-state index contributed by atoms with van der Waals surface area (Å²) in [7, 11) is 0. The van der Waals surface area contributed by atoms with Gasteiger partial charge in [0.25, 0.3) is 5.56 Å². The Hall–Kier alpha value is -2.21. The Morgan fingerprint density at radius 2 is 2.00 bits per heavy atom. The molecular weight excluding hydrogens is 261 g/mol. The van der Waals surface area contributed by atoms with Crippen LogP contribution < -0.4 is 16.0 Å². The molecule has 0 aliphatic heterocycles. The number of aromatic amines is 1. The van der Waals surface area contributed by atoms with Crippen LogP contribution in [0.5, 0.6) is 5.75 Å². The van der Waals surface area contributed by atoms with Crippen LogP contribution in [-0.4, -0.2) is 23.1 Å². The number of H-pyrrole nitrogens is 1. The fraction of sp³-hybridized carbons (Fsp3) is 0.286. The van der Waals surface area contributed by atoms with E-state index in [1.54, 1.807) is 12.1 Å². The third-order valence-electron chi connectivity index (χ3n) is 2.67. The molecule has 106 valence electrons. The molecule has 0 atom stereocenters. The number of aromatic nitrogens is 2. The lowest BCUT2D eigenvalue weighted by Gasteiger charge is -2.06. The quantitative estimate of drug-likeness (QED) is 0.826. The van der Waals surface area contributed by atoms with E-state index < -0.39 is 0 Å². The first-order chi connectivity index (χ1) is 9.67. The van der Waals surface area contributed by atoms with Crippen LogP contribution in [0, 0.1) is 5.82 Å². The highest BCUT2D eigenvalue weighted by molar-refractivity contribution is 5.22. The number of halogens is 1. The molecule has 1 heterocycles. The van der Waals surface area contributed by atoms with Crippen LogP contribution in [0.25, 0.3) is 0 Å². The molecule has 0 spiro atoms. The summed E-state index contributed by atoms with van der Waals surface area (Å²) in [5, 5.41) is 0. The minimum absolute atomic E-state index is 0.194. The number of hydrogen-bond donors (Lipinski definition) is 2. The number of hydrogen-bond acceptors (Lipinski definition) is 4. The van der Waals surface area contributed by atoms with E-state index >= 15 is 0 Å². The van der Waals surface area contributed by atoms with Gasteiger partial charge in [-0.3, -0.25) is 4.79 Å². The third kappa shape index (κ3) is 4.17. The first-order valence-corrected chi connectivity index (χ1v) is 6.35. The van der Waals surface area contributed by atoms with Crippen molar-refractivity contribution in [3.8, 4) is 5.75 Å². The van der Waals surface area contributed by atoms with Crippen molar-refractivity contribution in [1.29, 1.82) is 0 Å². The summed E-state index contributed by atoms with van der Waals surface area (Å²) in [6, 6.07) is 7.21. The summed E-state index contributed by atoms with van der Waals surface area (Å²) >= 11 is 0. The number of nitrogens with one attached hydrogen (secondary N) is 1. The fourth-order valence-corrected chi connectivity index (χ4v) is 1.75. The maximum atomic E-state index is 12.7. The van der Waals surface area contributed by atoms with Gasteiger partial charge >= 0.3 is 0 Å². The normalized spacial score (nSPS) is 10.5. The Morgan fingerprint density at radius 3 is 2.70 bits per heavy atom. The lowest BCUT2D eigenvalue weighted by Crippen LogP contribution is -2.16. The summed E-state index contributed by atoms with van der Waals surface area (Å²) in [5.74, 6) is 0.827. The van der Waals surface area contributed by atoms with Crippen molar-refractivity contribution in [1.82, 2.24) is 9.97 Å². The number of nitrogens with two attached hydrogens (primary N) is 1. The minimum atomic E-state index is -0.308. The molecule has 3 N–H and O–H groups in total. The molecule has 0 bridgehead atoms. The Kier molecular flexibility index (Phi) is 4.84. The lowest BCUT2D eigenvalue weighted by molar-refractivity contribution is 0.318. The second kappa shape index (κ2) is 6.81. The highest BCUT2D eigenvalue weighted by Gasteiger charge is 2.02. The van der Waals surface area contributed by atoms with E-state index in [4.69, 9.17) is 10.5 Å². The zero-order chi connectivity index (χ0) is 14.4. The molecule has 0 unspecified atom stereocenters. The van der Waals surface area contributed by atoms with Gasteiger partial charge in [-0.25, -0.2) is 9.37 Å². The van der Waals surface area contributed by atoms with E-state index in [0.717, 1.165) is 0 Å². The maximum Gasteiger partial charge on any atom is 0.251 e. The highest BCUT2D eigenvalue weighted by atomic mass is 19.1. The molecule has 1 aromatic heterocycles. The number of benzene rings is 1. The van der Waals surface area contributed by atoms with Crippen LogP contribution in [0.15, 0.2) is 35.1 Å². The van der Waals surface area contributed by atoms with E-state index in [9.17, 15) is 9.18 Å². The largest absolute Gasteiger partial charge is 0.493 e. The fourth-order valence-electron chi connectivity index (χ4n) is 1.75. The van der Waals surface area contributed by atoms with Crippen molar-refractivity contribution in [3.05, 3.63) is 58.0 Å². The molecule has 0 aliphatic rings. The van der Waals surface area contributed by atoms with Gasteiger partial charge in [0, 0.05) is 24.6 Å². The molecular formula is C14H16FN3O2. The van der Waals surface area contributed by atoms with Crippen molar-refractivity contribution in [2.45, 2.75) is 12.8 Å². The summed E-state index contributed by atoms with van der Waals surface area (Å²) < 4.78 is 18.2. The summed E-state index contributed by atoms with van der Waals surface area (Å²) in [6.45, 7) is 0.794. The monoisotopic (exact) mass is 277 g/mol. The van der Waals surface area contributed by atoms with Gasteiger partial charge < -0.3 is 15.5 Å². The zero-order valence-corrected chi connectivity index (χ0v) is 10.9. The molecule has 0 saturated carbocycles. The lowest BCUT2D eigenvalue weighted by atomic mass is 10.3. The summed E-state index contributed by atoms with van der Waals surface area (Å²) in [4.78, 5) is 18.4. The Bertz CT molecular complexity index is 611. The van der Waals surface area contributed by atoms with E-state index in [1.165, 1.54) is 18.2 Å². The predicted octanol–water partition coefficient (Wildman–Crippen LogP) is 1.03. The molecule has 5 nitrogen and oxygen atoms in total. The van der Waals surface area contributed by atoms with Gasteiger partial charge in [0.15, 0.2) is 0 Å².